The van der Waals surface area contributed by atoms with Crippen molar-refractivity contribution in [3.63, 3.8) is 0 Å². The first kappa shape index (κ1) is 17.2. The highest BCUT2D eigenvalue weighted by atomic mass is 32.2. The molecule has 1 aromatic heterocycles. The molecule has 0 atom stereocenters. The van der Waals surface area contributed by atoms with Gasteiger partial charge in [0.2, 0.25) is 0 Å². The summed E-state index contributed by atoms with van der Waals surface area (Å²) in [6.07, 6.45) is 1.56. The molecule has 0 saturated carbocycles. The van der Waals surface area contributed by atoms with E-state index in [9.17, 15) is 4.79 Å². The molecule has 0 spiro atoms. The van der Waals surface area contributed by atoms with Crippen LogP contribution in [0.4, 0.5) is 0 Å². The molecule has 5 heteroatoms. The molecule has 3 aromatic rings. The molecule has 0 radical (unpaired) electrons. The number of methoxy groups -OCH3 is 1. The van der Waals surface area contributed by atoms with E-state index in [4.69, 9.17) is 9.15 Å². The van der Waals surface area contributed by atoms with Crippen molar-refractivity contribution in [2.45, 2.75) is 17.2 Å². The van der Waals surface area contributed by atoms with Gasteiger partial charge >= 0.3 is 0 Å². The van der Waals surface area contributed by atoms with Crippen LogP contribution in [0.3, 0.4) is 0 Å². The number of carbonyl (C=O) groups excluding carboxylic acids is 1. The van der Waals surface area contributed by atoms with Crippen molar-refractivity contribution in [1.29, 1.82) is 0 Å². The van der Waals surface area contributed by atoms with E-state index in [1.165, 1.54) is 0 Å². The average Bonchev–Trinajstić information content (AvgIpc) is 3.14. The quantitative estimate of drug-likeness (QED) is 0.635. The largest absolute Gasteiger partial charge is 0.497 e. The van der Waals surface area contributed by atoms with Gasteiger partial charge in [-0.15, -0.1) is 11.8 Å². The topological polar surface area (TPSA) is 51.5 Å². The van der Waals surface area contributed by atoms with Gasteiger partial charge in [-0.3, -0.25) is 4.79 Å². The summed E-state index contributed by atoms with van der Waals surface area (Å²) < 4.78 is 10.5. The van der Waals surface area contributed by atoms with Gasteiger partial charge in [0.15, 0.2) is 5.76 Å². The molecule has 2 aromatic carbocycles. The van der Waals surface area contributed by atoms with Gasteiger partial charge in [-0.2, -0.15) is 0 Å². The van der Waals surface area contributed by atoms with Crippen molar-refractivity contribution in [3.8, 4) is 5.75 Å². The van der Waals surface area contributed by atoms with Crippen LogP contribution < -0.4 is 10.1 Å². The molecular weight excluding hydrogens is 334 g/mol. The molecule has 0 saturated heterocycles. The highest BCUT2D eigenvalue weighted by Crippen LogP contribution is 2.24. The molecule has 0 bridgehead atoms. The van der Waals surface area contributed by atoms with Crippen LogP contribution in [0.2, 0.25) is 0 Å². The molecule has 128 valence electrons. The minimum absolute atomic E-state index is 0.204. The van der Waals surface area contributed by atoms with Gasteiger partial charge in [0, 0.05) is 22.8 Å². The zero-order valence-corrected chi connectivity index (χ0v) is 14.7. The van der Waals surface area contributed by atoms with E-state index in [-0.39, 0.29) is 5.91 Å². The number of hydrogen-bond donors (Lipinski definition) is 1. The Morgan fingerprint density at radius 1 is 1.08 bits per heavy atom. The highest BCUT2D eigenvalue weighted by Gasteiger charge is 2.15. The third kappa shape index (κ3) is 4.67. The molecule has 0 aliphatic heterocycles. The fourth-order valence-electron chi connectivity index (χ4n) is 2.33. The summed E-state index contributed by atoms with van der Waals surface area (Å²) in [4.78, 5) is 13.6. The molecular formula is C20H19NO3S. The number of carbonyl (C=O) groups is 1. The second-order valence-corrected chi connectivity index (χ2v) is 6.46. The van der Waals surface area contributed by atoms with E-state index >= 15 is 0 Å². The van der Waals surface area contributed by atoms with Crippen molar-refractivity contribution in [1.82, 2.24) is 5.32 Å². The minimum Gasteiger partial charge on any atom is -0.497 e. The Hall–Kier alpha value is -2.66. The number of amides is 1. The third-order valence-corrected chi connectivity index (χ3v) is 4.76. The van der Waals surface area contributed by atoms with Crippen molar-refractivity contribution < 1.29 is 13.9 Å². The van der Waals surface area contributed by atoms with E-state index in [1.54, 1.807) is 25.1 Å². The second-order valence-electron chi connectivity index (χ2n) is 5.41. The molecule has 3 rings (SSSR count). The van der Waals surface area contributed by atoms with E-state index < -0.39 is 0 Å². The summed E-state index contributed by atoms with van der Waals surface area (Å²) in [5, 5.41) is 2.89. The molecule has 0 unspecified atom stereocenters. The summed E-state index contributed by atoms with van der Waals surface area (Å²) in [6, 6.07) is 19.5. The van der Waals surface area contributed by atoms with E-state index in [2.05, 4.69) is 5.32 Å². The first-order valence-electron chi connectivity index (χ1n) is 7.91. The molecule has 0 aliphatic carbocycles. The number of hydrogen-bond acceptors (Lipinski definition) is 4. The van der Waals surface area contributed by atoms with Crippen LogP contribution in [-0.2, 0) is 12.3 Å². The highest BCUT2D eigenvalue weighted by molar-refractivity contribution is 7.98. The van der Waals surface area contributed by atoms with Gasteiger partial charge in [-0.25, -0.2) is 0 Å². The lowest BCUT2D eigenvalue weighted by Gasteiger charge is -2.06. The van der Waals surface area contributed by atoms with Crippen LogP contribution in [0.1, 0.15) is 21.7 Å². The Balaban J connectivity index is 1.58. The zero-order chi connectivity index (χ0) is 17.5. The first-order valence-corrected chi connectivity index (χ1v) is 8.90. The predicted octanol–water partition coefficient (Wildman–Crippen LogP) is 4.51. The Bertz CT molecular complexity index is 812. The summed E-state index contributed by atoms with van der Waals surface area (Å²) in [6.45, 7) is 0.439. The standard InChI is InChI=1S/C20H19NO3S/c1-23-17-9-7-15(8-10-17)13-21-20(22)19-16(11-12-24-19)14-25-18-5-3-2-4-6-18/h2-12H,13-14H2,1H3,(H,21,22). The van der Waals surface area contributed by atoms with Gasteiger partial charge in [0.1, 0.15) is 5.75 Å². The molecule has 4 nitrogen and oxygen atoms in total. The molecule has 0 fully saturated rings. The lowest BCUT2D eigenvalue weighted by atomic mass is 10.2. The van der Waals surface area contributed by atoms with Gasteiger partial charge in [0.05, 0.1) is 13.4 Å². The van der Waals surface area contributed by atoms with Crippen molar-refractivity contribution >= 4 is 17.7 Å². The number of rotatable bonds is 7. The van der Waals surface area contributed by atoms with Crippen LogP contribution in [0.5, 0.6) is 5.75 Å². The molecule has 1 heterocycles. The van der Waals surface area contributed by atoms with Crippen LogP contribution in [-0.4, -0.2) is 13.0 Å². The van der Waals surface area contributed by atoms with Gasteiger partial charge in [-0.1, -0.05) is 30.3 Å². The Morgan fingerprint density at radius 2 is 1.84 bits per heavy atom. The maximum absolute atomic E-state index is 12.4. The average molecular weight is 353 g/mol. The van der Waals surface area contributed by atoms with Crippen LogP contribution in [0, 0.1) is 0 Å². The van der Waals surface area contributed by atoms with Gasteiger partial charge in [-0.05, 0) is 35.9 Å². The summed E-state index contributed by atoms with van der Waals surface area (Å²) >= 11 is 1.67. The predicted molar refractivity (Wildman–Crippen MR) is 98.9 cm³/mol. The number of thioether (sulfide) groups is 1. The number of nitrogens with one attached hydrogen (secondary N) is 1. The maximum Gasteiger partial charge on any atom is 0.287 e. The second kappa shape index (κ2) is 8.44. The van der Waals surface area contributed by atoms with Crippen LogP contribution >= 0.6 is 11.8 Å². The third-order valence-electron chi connectivity index (χ3n) is 3.70. The van der Waals surface area contributed by atoms with Gasteiger partial charge in [0.25, 0.3) is 5.91 Å². The lowest BCUT2D eigenvalue weighted by molar-refractivity contribution is 0.0922. The van der Waals surface area contributed by atoms with Crippen LogP contribution in [0.25, 0.3) is 0 Å². The minimum atomic E-state index is -0.204. The van der Waals surface area contributed by atoms with E-state index in [1.807, 2.05) is 60.7 Å². The van der Waals surface area contributed by atoms with Crippen molar-refractivity contribution in [2.75, 3.05) is 7.11 Å². The van der Waals surface area contributed by atoms with Crippen LogP contribution in [0.15, 0.2) is 76.2 Å². The number of ether oxygens (including phenoxy) is 1. The first-order chi connectivity index (χ1) is 12.3. The SMILES string of the molecule is COc1ccc(CNC(=O)c2occc2CSc2ccccc2)cc1. The monoisotopic (exact) mass is 353 g/mol. The molecule has 1 N–H and O–H groups in total. The fraction of sp³-hybridized carbons (Fsp3) is 0.150. The smallest absolute Gasteiger partial charge is 0.287 e. The Labute approximate surface area is 151 Å². The fourth-order valence-corrected chi connectivity index (χ4v) is 3.23. The normalized spacial score (nSPS) is 10.4. The summed E-state index contributed by atoms with van der Waals surface area (Å²) in [5.41, 5.74) is 1.89. The molecule has 25 heavy (non-hydrogen) atoms. The Morgan fingerprint density at radius 3 is 2.56 bits per heavy atom. The molecule has 0 aliphatic rings. The number of furan rings is 1. The van der Waals surface area contributed by atoms with Gasteiger partial charge < -0.3 is 14.5 Å². The number of benzene rings is 2. The lowest BCUT2D eigenvalue weighted by Crippen LogP contribution is -2.23. The summed E-state index contributed by atoms with van der Waals surface area (Å²) in [7, 11) is 1.63. The summed E-state index contributed by atoms with van der Waals surface area (Å²) in [5.74, 6) is 1.65. The Kier molecular flexibility index (Phi) is 5.80. The molecule has 1 amide bonds. The van der Waals surface area contributed by atoms with E-state index in [0.717, 1.165) is 21.8 Å². The maximum atomic E-state index is 12.4. The zero-order valence-electron chi connectivity index (χ0n) is 13.9. The van der Waals surface area contributed by atoms with E-state index in [0.29, 0.717) is 18.1 Å². The van der Waals surface area contributed by atoms with Crippen molar-refractivity contribution in [2.24, 2.45) is 0 Å². The van der Waals surface area contributed by atoms with Crippen molar-refractivity contribution in [3.05, 3.63) is 83.8 Å².